The lowest BCUT2D eigenvalue weighted by Gasteiger charge is -2.34. The Kier molecular flexibility index (Phi) is 7.94. The van der Waals surface area contributed by atoms with Gasteiger partial charge in [0, 0.05) is 64.0 Å². The smallest absolute Gasteiger partial charge is 0.251 e. The molecule has 3 heterocycles. The maximum atomic E-state index is 14.0. The number of rotatable bonds is 7. The van der Waals surface area contributed by atoms with Crippen LogP contribution in [0.5, 0.6) is 0 Å². The van der Waals surface area contributed by atoms with Gasteiger partial charge in [0.25, 0.3) is 5.91 Å². The van der Waals surface area contributed by atoms with Crippen LogP contribution in [0.1, 0.15) is 30.1 Å². The number of thiazole rings is 1. The quantitative estimate of drug-likeness (QED) is 0.473. The molecule has 0 aliphatic carbocycles. The Morgan fingerprint density at radius 1 is 1.05 bits per heavy atom. The number of amides is 1. The normalized spacial score (nSPS) is 18.2. The van der Waals surface area contributed by atoms with E-state index >= 15 is 0 Å². The molecule has 2 aromatic carbocycles. The van der Waals surface area contributed by atoms with Crippen molar-refractivity contribution in [2.45, 2.75) is 24.7 Å². The summed E-state index contributed by atoms with van der Waals surface area (Å²) in [6.45, 7) is 7.21. The Morgan fingerprint density at radius 2 is 1.74 bits per heavy atom. The van der Waals surface area contributed by atoms with Crippen molar-refractivity contribution in [3.63, 3.8) is 0 Å². The van der Waals surface area contributed by atoms with E-state index in [-0.39, 0.29) is 16.3 Å². The van der Waals surface area contributed by atoms with Crippen molar-refractivity contribution in [3.8, 4) is 0 Å². The van der Waals surface area contributed by atoms with Crippen molar-refractivity contribution in [2.75, 3.05) is 57.3 Å². The number of halogens is 2. The lowest BCUT2D eigenvalue weighted by Crippen LogP contribution is -2.48. The number of anilines is 1. The number of hydrogen-bond acceptors (Lipinski definition) is 7. The number of hydrogen-bond donors (Lipinski definition) is 1. The summed E-state index contributed by atoms with van der Waals surface area (Å²) in [6.07, 6.45) is 1.72. The molecule has 3 aromatic rings. The number of nitrogens with zero attached hydrogens (tertiary/aromatic N) is 4. The van der Waals surface area contributed by atoms with Gasteiger partial charge >= 0.3 is 0 Å². The van der Waals surface area contributed by atoms with E-state index in [1.54, 1.807) is 12.1 Å². The van der Waals surface area contributed by atoms with Crippen LogP contribution in [0.15, 0.2) is 41.3 Å². The van der Waals surface area contributed by atoms with Gasteiger partial charge in [-0.25, -0.2) is 22.2 Å². The standard InChI is InChI=1S/C26H31F2N5O3S2/c1-18-6-9-33(10-7-18)38(35,36)21-4-2-19(3-5-21)25(34)29-8-11-31-12-14-32(15-13-31)26-30-24-22(28)16-20(27)17-23(24)37-26/h2-5,16-18H,6-15H2,1H3,(H,29,34). The lowest BCUT2D eigenvalue weighted by atomic mass is 10.0. The van der Waals surface area contributed by atoms with Gasteiger partial charge in [0.05, 0.1) is 9.60 Å². The van der Waals surface area contributed by atoms with Gasteiger partial charge in [-0.15, -0.1) is 0 Å². The second-order valence-electron chi connectivity index (χ2n) is 9.93. The highest BCUT2D eigenvalue weighted by atomic mass is 32.2. The van der Waals surface area contributed by atoms with Crippen LogP contribution >= 0.6 is 11.3 Å². The fraction of sp³-hybridized carbons (Fsp3) is 0.462. The molecule has 38 heavy (non-hydrogen) atoms. The third kappa shape index (κ3) is 5.83. The second kappa shape index (κ2) is 11.2. The molecule has 2 aliphatic heterocycles. The maximum absolute atomic E-state index is 14.0. The van der Waals surface area contributed by atoms with Crippen LogP contribution < -0.4 is 10.2 Å². The number of benzene rings is 2. The summed E-state index contributed by atoms with van der Waals surface area (Å²) >= 11 is 1.28. The minimum Gasteiger partial charge on any atom is -0.351 e. The van der Waals surface area contributed by atoms with Gasteiger partial charge in [0.2, 0.25) is 10.0 Å². The molecule has 0 radical (unpaired) electrons. The first-order chi connectivity index (χ1) is 18.2. The van der Waals surface area contributed by atoms with Crippen LogP contribution in [0.2, 0.25) is 0 Å². The minimum atomic E-state index is -3.54. The number of sulfonamides is 1. The van der Waals surface area contributed by atoms with Gasteiger partial charge in [-0.1, -0.05) is 18.3 Å². The third-order valence-corrected chi connectivity index (χ3v) is 10.2. The fourth-order valence-electron chi connectivity index (χ4n) is 4.83. The number of piperazine rings is 1. The molecule has 2 fully saturated rings. The number of fused-ring (bicyclic) bond motifs is 1. The first-order valence-corrected chi connectivity index (χ1v) is 15.1. The highest BCUT2D eigenvalue weighted by Crippen LogP contribution is 2.31. The van der Waals surface area contributed by atoms with Gasteiger partial charge in [-0.05, 0) is 49.1 Å². The van der Waals surface area contributed by atoms with E-state index in [9.17, 15) is 22.0 Å². The second-order valence-corrected chi connectivity index (χ2v) is 12.9. The zero-order valence-electron chi connectivity index (χ0n) is 21.2. The zero-order valence-corrected chi connectivity index (χ0v) is 22.8. The molecule has 204 valence electrons. The van der Waals surface area contributed by atoms with Crippen LogP contribution in [0.3, 0.4) is 0 Å². The Balaban J connectivity index is 1.08. The van der Waals surface area contributed by atoms with Gasteiger partial charge in [0.1, 0.15) is 11.3 Å². The Hall–Kier alpha value is -2.67. The van der Waals surface area contributed by atoms with E-state index in [4.69, 9.17) is 0 Å². The number of piperidine rings is 1. The first kappa shape index (κ1) is 26.9. The predicted octanol–water partition coefficient (Wildman–Crippen LogP) is 3.55. The van der Waals surface area contributed by atoms with Crippen molar-refractivity contribution >= 4 is 42.6 Å². The van der Waals surface area contributed by atoms with Crippen LogP contribution in [0.25, 0.3) is 10.2 Å². The Morgan fingerprint density at radius 3 is 2.42 bits per heavy atom. The molecule has 5 rings (SSSR count). The largest absolute Gasteiger partial charge is 0.351 e. The Bertz CT molecular complexity index is 1400. The SMILES string of the molecule is CC1CCN(S(=O)(=O)c2ccc(C(=O)NCCN3CCN(c4nc5c(F)cc(F)cc5s4)CC3)cc2)CC1. The fourth-order valence-corrected chi connectivity index (χ4v) is 7.35. The number of aromatic nitrogens is 1. The van der Waals surface area contributed by atoms with E-state index in [0.29, 0.717) is 60.6 Å². The summed E-state index contributed by atoms with van der Waals surface area (Å²) in [5.41, 5.74) is 0.615. The summed E-state index contributed by atoms with van der Waals surface area (Å²) in [6, 6.07) is 8.28. The Labute approximate surface area is 225 Å². The zero-order chi connectivity index (χ0) is 26.9. The molecule has 1 amide bonds. The van der Waals surface area contributed by atoms with Crippen molar-refractivity contribution in [1.29, 1.82) is 0 Å². The van der Waals surface area contributed by atoms with Crippen molar-refractivity contribution in [1.82, 2.24) is 19.5 Å². The average molecular weight is 564 g/mol. The molecule has 2 saturated heterocycles. The molecule has 0 bridgehead atoms. The molecule has 1 N–H and O–H groups in total. The number of carbonyl (C=O) groups is 1. The molecule has 1 aromatic heterocycles. The molecule has 0 saturated carbocycles. The third-order valence-electron chi connectivity index (χ3n) is 7.26. The van der Waals surface area contributed by atoms with Crippen molar-refractivity contribution in [3.05, 3.63) is 53.6 Å². The summed E-state index contributed by atoms with van der Waals surface area (Å²) in [4.78, 5) is 21.5. The van der Waals surface area contributed by atoms with E-state index in [1.165, 1.54) is 33.8 Å². The highest BCUT2D eigenvalue weighted by Gasteiger charge is 2.28. The molecular weight excluding hydrogens is 532 g/mol. The summed E-state index contributed by atoms with van der Waals surface area (Å²) < 4.78 is 55.3. The number of nitrogens with one attached hydrogen (secondary N) is 1. The molecule has 2 aliphatic rings. The van der Waals surface area contributed by atoms with Crippen LogP contribution in [-0.4, -0.2) is 80.9 Å². The summed E-state index contributed by atoms with van der Waals surface area (Å²) in [5.74, 6) is -0.967. The van der Waals surface area contributed by atoms with E-state index < -0.39 is 21.7 Å². The van der Waals surface area contributed by atoms with Gasteiger partial charge < -0.3 is 10.2 Å². The number of carbonyl (C=O) groups excluding carboxylic acids is 1. The van der Waals surface area contributed by atoms with Crippen LogP contribution in [0.4, 0.5) is 13.9 Å². The minimum absolute atomic E-state index is 0.198. The van der Waals surface area contributed by atoms with Gasteiger partial charge in [-0.3, -0.25) is 9.69 Å². The van der Waals surface area contributed by atoms with Crippen molar-refractivity contribution in [2.24, 2.45) is 5.92 Å². The highest BCUT2D eigenvalue weighted by molar-refractivity contribution is 7.89. The average Bonchev–Trinajstić information content (AvgIpc) is 3.34. The molecule has 0 unspecified atom stereocenters. The molecular formula is C26H31F2N5O3S2. The van der Waals surface area contributed by atoms with Crippen LogP contribution in [-0.2, 0) is 10.0 Å². The maximum Gasteiger partial charge on any atom is 0.251 e. The lowest BCUT2D eigenvalue weighted by molar-refractivity contribution is 0.0947. The molecule has 0 atom stereocenters. The summed E-state index contributed by atoms with van der Waals surface area (Å²) in [7, 11) is -3.54. The molecule has 8 nitrogen and oxygen atoms in total. The predicted molar refractivity (Wildman–Crippen MR) is 144 cm³/mol. The van der Waals surface area contributed by atoms with Gasteiger partial charge in [0.15, 0.2) is 10.9 Å². The molecule has 12 heteroatoms. The topological polar surface area (TPSA) is 85.8 Å². The van der Waals surface area contributed by atoms with Crippen LogP contribution in [0, 0.1) is 17.6 Å². The van der Waals surface area contributed by atoms with E-state index in [0.717, 1.165) is 32.0 Å². The monoisotopic (exact) mass is 563 g/mol. The van der Waals surface area contributed by atoms with Gasteiger partial charge in [-0.2, -0.15) is 4.31 Å². The van der Waals surface area contributed by atoms with E-state index in [2.05, 4.69) is 27.0 Å². The molecule has 0 spiro atoms. The van der Waals surface area contributed by atoms with E-state index in [1.807, 2.05) is 0 Å². The van der Waals surface area contributed by atoms with Crippen molar-refractivity contribution < 1.29 is 22.0 Å². The summed E-state index contributed by atoms with van der Waals surface area (Å²) in [5, 5.41) is 3.58. The first-order valence-electron chi connectivity index (χ1n) is 12.8.